The Kier molecular flexibility index (Phi) is 5.91. The van der Waals surface area contributed by atoms with Crippen LogP contribution in [0.2, 0.25) is 0 Å². The highest BCUT2D eigenvalue weighted by Gasteiger charge is 2.34. The first-order chi connectivity index (χ1) is 14.1. The first kappa shape index (κ1) is 21.5. The van der Waals surface area contributed by atoms with Crippen LogP contribution in [0.25, 0.3) is 11.0 Å². The van der Waals surface area contributed by atoms with Gasteiger partial charge in [0.25, 0.3) is 0 Å². The zero-order valence-corrected chi connectivity index (χ0v) is 17.0. The molecular weight excluding hydrogens is 397 g/mol. The van der Waals surface area contributed by atoms with Crippen LogP contribution in [0.3, 0.4) is 0 Å². The van der Waals surface area contributed by atoms with Crippen LogP contribution >= 0.6 is 0 Å². The molecule has 0 radical (unpaired) electrons. The zero-order chi connectivity index (χ0) is 22.1. The van der Waals surface area contributed by atoms with Crippen molar-refractivity contribution in [3.63, 3.8) is 0 Å². The molecule has 0 saturated heterocycles. The van der Waals surface area contributed by atoms with Crippen molar-refractivity contribution in [2.45, 2.75) is 32.6 Å². The lowest BCUT2D eigenvalue weighted by molar-refractivity contribution is -0.136. The SMILES string of the molecule is CCCn1c(=O)n(CC(=O)Nc2ccc(N(C)C)cc2C(F)(F)F)c2ccccc21. The van der Waals surface area contributed by atoms with Gasteiger partial charge in [-0.3, -0.25) is 13.9 Å². The number of rotatable bonds is 6. The largest absolute Gasteiger partial charge is 0.418 e. The van der Waals surface area contributed by atoms with E-state index in [0.717, 1.165) is 12.5 Å². The molecule has 2 aromatic carbocycles. The quantitative estimate of drug-likeness (QED) is 0.657. The highest BCUT2D eigenvalue weighted by molar-refractivity contribution is 5.92. The number of fused-ring (bicyclic) bond motifs is 1. The summed E-state index contributed by atoms with van der Waals surface area (Å²) >= 11 is 0. The summed E-state index contributed by atoms with van der Waals surface area (Å²) in [5.41, 5.74) is -0.0498. The summed E-state index contributed by atoms with van der Waals surface area (Å²) in [6.45, 7) is 2.03. The van der Waals surface area contributed by atoms with Gasteiger partial charge in [0.1, 0.15) is 6.54 Å². The average Bonchev–Trinajstić information content (AvgIpc) is 2.93. The van der Waals surface area contributed by atoms with Crippen LogP contribution in [0.4, 0.5) is 24.5 Å². The Balaban J connectivity index is 1.94. The Labute approximate surface area is 171 Å². The van der Waals surface area contributed by atoms with Gasteiger partial charge >= 0.3 is 11.9 Å². The summed E-state index contributed by atoms with van der Waals surface area (Å²) in [5, 5.41) is 2.32. The number of amides is 1. The predicted octanol–water partition coefficient (Wildman–Crippen LogP) is 3.94. The van der Waals surface area contributed by atoms with E-state index in [2.05, 4.69) is 5.32 Å². The number of imidazole rings is 1. The highest BCUT2D eigenvalue weighted by Crippen LogP contribution is 2.37. The van der Waals surface area contributed by atoms with E-state index in [4.69, 9.17) is 0 Å². The molecule has 1 N–H and O–H groups in total. The summed E-state index contributed by atoms with van der Waals surface area (Å²) in [4.78, 5) is 26.9. The van der Waals surface area contributed by atoms with Crippen LogP contribution in [0.1, 0.15) is 18.9 Å². The number of nitrogens with zero attached hydrogens (tertiary/aromatic N) is 3. The Morgan fingerprint density at radius 1 is 1.07 bits per heavy atom. The van der Waals surface area contributed by atoms with Gasteiger partial charge < -0.3 is 10.2 Å². The number of para-hydroxylation sites is 2. The summed E-state index contributed by atoms with van der Waals surface area (Å²) in [6, 6.07) is 10.7. The first-order valence-electron chi connectivity index (χ1n) is 9.50. The van der Waals surface area contributed by atoms with Crippen molar-refractivity contribution in [2.75, 3.05) is 24.3 Å². The van der Waals surface area contributed by atoms with Gasteiger partial charge in [-0.2, -0.15) is 13.2 Å². The molecule has 1 amide bonds. The van der Waals surface area contributed by atoms with Crippen molar-refractivity contribution >= 4 is 28.3 Å². The number of nitrogens with one attached hydrogen (secondary N) is 1. The number of benzene rings is 2. The average molecular weight is 420 g/mol. The molecule has 0 fully saturated rings. The van der Waals surface area contributed by atoms with Crippen molar-refractivity contribution in [2.24, 2.45) is 0 Å². The van der Waals surface area contributed by atoms with Crippen LogP contribution in [0.15, 0.2) is 47.3 Å². The lowest BCUT2D eigenvalue weighted by Crippen LogP contribution is -2.30. The van der Waals surface area contributed by atoms with Crippen LogP contribution in [0, 0.1) is 0 Å². The van der Waals surface area contributed by atoms with Crippen LogP contribution < -0.4 is 15.9 Å². The minimum absolute atomic E-state index is 0.344. The maximum absolute atomic E-state index is 13.5. The summed E-state index contributed by atoms with van der Waals surface area (Å²) in [7, 11) is 3.26. The molecule has 0 aliphatic heterocycles. The number of alkyl halides is 3. The minimum atomic E-state index is -4.64. The van der Waals surface area contributed by atoms with E-state index < -0.39 is 17.6 Å². The fraction of sp³-hybridized carbons (Fsp3) is 0.333. The number of carbonyl (C=O) groups is 1. The van der Waals surface area contributed by atoms with Crippen molar-refractivity contribution in [1.82, 2.24) is 9.13 Å². The normalized spacial score (nSPS) is 11.7. The molecule has 3 rings (SSSR count). The zero-order valence-electron chi connectivity index (χ0n) is 17.0. The molecule has 6 nitrogen and oxygen atoms in total. The Morgan fingerprint density at radius 2 is 1.70 bits per heavy atom. The van der Waals surface area contributed by atoms with Gasteiger partial charge in [0.05, 0.1) is 22.3 Å². The third kappa shape index (κ3) is 4.19. The van der Waals surface area contributed by atoms with E-state index in [1.165, 1.54) is 16.7 Å². The highest BCUT2D eigenvalue weighted by atomic mass is 19.4. The maximum atomic E-state index is 13.5. The monoisotopic (exact) mass is 420 g/mol. The molecule has 3 aromatic rings. The molecule has 0 bridgehead atoms. The molecule has 9 heteroatoms. The Bertz CT molecular complexity index is 1130. The van der Waals surface area contributed by atoms with Gasteiger partial charge in [0.15, 0.2) is 0 Å². The van der Waals surface area contributed by atoms with E-state index in [0.29, 0.717) is 23.3 Å². The summed E-state index contributed by atoms with van der Waals surface area (Å²) in [6.07, 6.45) is -3.91. The van der Waals surface area contributed by atoms with E-state index >= 15 is 0 Å². The number of halogens is 3. The van der Waals surface area contributed by atoms with E-state index in [1.807, 2.05) is 6.92 Å². The fourth-order valence-corrected chi connectivity index (χ4v) is 3.35. The second kappa shape index (κ2) is 8.25. The second-order valence-corrected chi connectivity index (χ2v) is 7.18. The van der Waals surface area contributed by atoms with Crippen LogP contribution in [0.5, 0.6) is 0 Å². The standard InChI is InChI=1S/C21H23F3N4O2/c1-4-11-27-17-7-5-6-8-18(17)28(20(27)30)13-19(29)25-16-10-9-14(26(2)3)12-15(16)21(22,23)24/h5-10,12H,4,11,13H2,1-3H3,(H,25,29). The number of anilines is 2. The van der Waals surface area contributed by atoms with Gasteiger partial charge in [-0.1, -0.05) is 19.1 Å². The summed E-state index contributed by atoms with van der Waals surface area (Å²) in [5.74, 6) is -0.709. The second-order valence-electron chi connectivity index (χ2n) is 7.18. The minimum Gasteiger partial charge on any atom is -0.378 e. The molecule has 30 heavy (non-hydrogen) atoms. The van der Waals surface area contributed by atoms with Crippen molar-refractivity contribution in [1.29, 1.82) is 0 Å². The lowest BCUT2D eigenvalue weighted by atomic mass is 10.1. The first-order valence-corrected chi connectivity index (χ1v) is 9.50. The van der Waals surface area contributed by atoms with Crippen molar-refractivity contribution in [3.8, 4) is 0 Å². The number of hydrogen-bond donors (Lipinski definition) is 1. The Hall–Kier alpha value is -3.23. The molecule has 160 valence electrons. The van der Waals surface area contributed by atoms with Gasteiger partial charge in [-0.05, 0) is 36.8 Å². The number of hydrogen-bond acceptors (Lipinski definition) is 3. The van der Waals surface area contributed by atoms with Crippen LogP contribution in [-0.2, 0) is 24.1 Å². The molecule has 0 unspecified atom stereocenters. The smallest absolute Gasteiger partial charge is 0.378 e. The Morgan fingerprint density at radius 3 is 2.27 bits per heavy atom. The number of aryl methyl sites for hydroxylation is 1. The van der Waals surface area contributed by atoms with Gasteiger partial charge in [0.2, 0.25) is 5.91 Å². The van der Waals surface area contributed by atoms with Crippen molar-refractivity contribution < 1.29 is 18.0 Å². The third-order valence-corrected chi connectivity index (χ3v) is 4.77. The van der Waals surface area contributed by atoms with E-state index in [-0.39, 0.29) is 17.9 Å². The molecule has 1 heterocycles. The van der Waals surface area contributed by atoms with E-state index in [9.17, 15) is 22.8 Å². The molecule has 0 aliphatic rings. The predicted molar refractivity (Wildman–Crippen MR) is 111 cm³/mol. The molecule has 0 spiro atoms. The summed E-state index contributed by atoms with van der Waals surface area (Å²) < 4.78 is 43.3. The van der Waals surface area contributed by atoms with Gasteiger partial charge in [-0.25, -0.2) is 4.79 Å². The molecule has 1 aromatic heterocycles. The van der Waals surface area contributed by atoms with Gasteiger partial charge in [-0.15, -0.1) is 0 Å². The maximum Gasteiger partial charge on any atom is 0.418 e. The molecular formula is C21H23F3N4O2. The van der Waals surface area contributed by atoms with Crippen LogP contribution in [-0.4, -0.2) is 29.1 Å². The van der Waals surface area contributed by atoms with Crippen molar-refractivity contribution in [3.05, 3.63) is 58.5 Å². The number of aromatic nitrogens is 2. The molecule has 0 aliphatic carbocycles. The molecule has 0 atom stereocenters. The lowest BCUT2D eigenvalue weighted by Gasteiger charge is -2.18. The topological polar surface area (TPSA) is 59.3 Å². The van der Waals surface area contributed by atoms with E-state index in [1.54, 1.807) is 47.8 Å². The van der Waals surface area contributed by atoms with Gasteiger partial charge in [0, 0.05) is 26.3 Å². The number of carbonyl (C=O) groups excluding carboxylic acids is 1. The molecule has 0 saturated carbocycles. The fourth-order valence-electron chi connectivity index (χ4n) is 3.35. The third-order valence-electron chi connectivity index (χ3n) is 4.77.